The lowest BCUT2D eigenvalue weighted by atomic mass is 9.98. The predicted molar refractivity (Wildman–Crippen MR) is 70.0 cm³/mol. The molecule has 0 unspecified atom stereocenters. The van der Waals surface area contributed by atoms with Crippen molar-refractivity contribution < 1.29 is 29.0 Å². The number of carbonyl (C=O) groups is 3. The largest absolute Gasteiger partial charge is 0.481 e. The predicted octanol–water partition coefficient (Wildman–Crippen LogP) is 2.05. The lowest BCUT2D eigenvalue weighted by Gasteiger charge is -2.21. The van der Waals surface area contributed by atoms with E-state index in [0.29, 0.717) is 0 Å². The van der Waals surface area contributed by atoms with Gasteiger partial charge in [0.05, 0.1) is 19.4 Å². The molecule has 0 amide bonds. The van der Waals surface area contributed by atoms with E-state index in [0.717, 1.165) is 25.7 Å². The molecule has 0 heterocycles. The lowest BCUT2D eigenvalue weighted by molar-refractivity contribution is -0.154. The van der Waals surface area contributed by atoms with Crippen LogP contribution in [0.5, 0.6) is 0 Å². The van der Waals surface area contributed by atoms with E-state index in [-0.39, 0.29) is 44.4 Å². The number of aliphatic carboxylic acids is 1. The lowest BCUT2D eigenvalue weighted by Crippen LogP contribution is -2.21. The number of rotatable bonds is 8. The Labute approximate surface area is 118 Å². The standard InChI is InChI=1S/C14H22O6/c15-12(16)7-4-10-19-13(17)8-9-14(18)20-11-5-2-1-3-6-11/h11H,1-10H2,(H,15,16). The van der Waals surface area contributed by atoms with Crippen LogP contribution in [0.3, 0.4) is 0 Å². The summed E-state index contributed by atoms with van der Waals surface area (Å²) in [4.78, 5) is 33.1. The number of hydrogen-bond donors (Lipinski definition) is 1. The molecule has 0 bridgehead atoms. The van der Waals surface area contributed by atoms with E-state index in [9.17, 15) is 14.4 Å². The van der Waals surface area contributed by atoms with Gasteiger partial charge in [-0.3, -0.25) is 14.4 Å². The molecule has 0 spiro atoms. The molecule has 1 rings (SSSR count). The Morgan fingerprint density at radius 1 is 0.950 bits per heavy atom. The minimum atomic E-state index is -0.919. The minimum absolute atomic E-state index is 0.00263. The van der Waals surface area contributed by atoms with Gasteiger partial charge in [-0.1, -0.05) is 6.42 Å². The maximum atomic E-state index is 11.5. The summed E-state index contributed by atoms with van der Waals surface area (Å²) in [6, 6.07) is 0. The third-order valence-electron chi connectivity index (χ3n) is 3.18. The average molecular weight is 286 g/mol. The first-order chi connectivity index (χ1) is 9.58. The van der Waals surface area contributed by atoms with Gasteiger partial charge in [-0.15, -0.1) is 0 Å². The van der Waals surface area contributed by atoms with E-state index in [1.165, 1.54) is 6.42 Å². The van der Waals surface area contributed by atoms with Crippen molar-refractivity contribution in [2.24, 2.45) is 0 Å². The van der Waals surface area contributed by atoms with Gasteiger partial charge in [0.15, 0.2) is 0 Å². The second-order valence-electron chi connectivity index (χ2n) is 4.97. The summed E-state index contributed by atoms with van der Waals surface area (Å²) in [5, 5.41) is 8.41. The number of carboxylic acids is 1. The minimum Gasteiger partial charge on any atom is -0.481 e. The molecule has 6 nitrogen and oxygen atoms in total. The molecule has 0 saturated heterocycles. The van der Waals surface area contributed by atoms with Crippen molar-refractivity contribution >= 4 is 17.9 Å². The Bertz CT molecular complexity index is 333. The molecular formula is C14H22O6. The van der Waals surface area contributed by atoms with E-state index in [4.69, 9.17) is 14.6 Å². The van der Waals surface area contributed by atoms with Crippen molar-refractivity contribution in [2.45, 2.75) is 63.9 Å². The average Bonchev–Trinajstić information content (AvgIpc) is 2.42. The van der Waals surface area contributed by atoms with E-state index in [1.54, 1.807) is 0 Å². The first-order valence-corrected chi connectivity index (χ1v) is 7.15. The van der Waals surface area contributed by atoms with Gasteiger partial charge < -0.3 is 14.6 Å². The zero-order valence-electron chi connectivity index (χ0n) is 11.6. The molecule has 0 aromatic heterocycles. The van der Waals surface area contributed by atoms with Crippen LogP contribution in [0.15, 0.2) is 0 Å². The van der Waals surface area contributed by atoms with Gasteiger partial charge in [0.25, 0.3) is 0 Å². The van der Waals surface area contributed by atoms with Gasteiger partial charge in [0, 0.05) is 6.42 Å². The number of carbonyl (C=O) groups excluding carboxylic acids is 2. The van der Waals surface area contributed by atoms with E-state index < -0.39 is 11.9 Å². The zero-order valence-corrected chi connectivity index (χ0v) is 11.6. The van der Waals surface area contributed by atoms with E-state index in [2.05, 4.69) is 0 Å². The highest BCUT2D eigenvalue weighted by molar-refractivity contribution is 5.77. The molecule has 0 radical (unpaired) electrons. The topological polar surface area (TPSA) is 89.9 Å². The van der Waals surface area contributed by atoms with Crippen molar-refractivity contribution in [1.82, 2.24) is 0 Å². The van der Waals surface area contributed by atoms with Gasteiger partial charge >= 0.3 is 17.9 Å². The summed E-state index contributed by atoms with van der Waals surface area (Å²) in [6.07, 6.45) is 5.45. The van der Waals surface area contributed by atoms with Crippen LogP contribution in [-0.4, -0.2) is 35.7 Å². The van der Waals surface area contributed by atoms with Crippen LogP contribution in [0.4, 0.5) is 0 Å². The molecule has 0 atom stereocenters. The molecule has 1 N–H and O–H groups in total. The van der Waals surface area contributed by atoms with Crippen LogP contribution in [0, 0.1) is 0 Å². The molecule has 1 fully saturated rings. The molecule has 114 valence electrons. The highest BCUT2D eigenvalue weighted by Crippen LogP contribution is 2.20. The smallest absolute Gasteiger partial charge is 0.306 e. The normalized spacial score (nSPS) is 15.6. The van der Waals surface area contributed by atoms with Crippen LogP contribution >= 0.6 is 0 Å². The van der Waals surface area contributed by atoms with Crippen molar-refractivity contribution in [1.29, 1.82) is 0 Å². The summed E-state index contributed by atoms with van der Waals surface area (Å²) >= 11 is 0. The van der Waals surface area contributed by atoms with Gasteiger partial charge in [-0.05, 0) is 32.1 Å². The first kappa shape index (κ1) is 16.5. The first-order valence-electron chi connectivity index (χ1n) is 7.15. The number of esters is 2. The molecule has 1 saturated carbocycles. The Morgan fingerprint density at radius 2 is 1.60 bits per heavy atom. The SMILES string of the molecule is O=C(O)CCCOC(=O)CCC(=O)OC1CCCCC1. The number of hydrogen-bond acceptors (Lipinski definition) is 5. The fourth-order valence-corrected chi connectivity index (χ4v) is 2.11. The van der Waals surface area contributed by atoms with Crippen LogP contribution in [0.25, 0.3) is 0 Å². The monoisotopic (exact) mass is 286 g/mol. The van der Waals surface area contributed by atoms with Gasteiger partial charge in [0.2, 0.25) is 0 Å². The van der Waals surface area contributed by atoms with Crippen LogP contribution in [0.2, 0.25) is 0 Å². The van der Waals surface area contributed by atoms with Gasteiger partial charge in [-0.2, -0.15) is 0 Å². The van der Waals surface area contributed by atoms with Crippen LogP contribution in [-0.2, 0) is 23.9 Å². The molecule has 0 aromatic carbocycles. The second-order valence-corrected chi connectivity index (χ2v) is 4.97. The molecule has 20 heavy (non-hydrogen) atoms. The third kappa shape index (κ3) is 7.76. The molecule has 1 aliphatic rings. The van der Waals surface area contributed by atoms with Crippen molar-refractivity contribution in [2.75, 3.05) is 6.61 Å². The summed E-state index contributed by atoms with van der Waals surface area (Å²) in [7, 11) is 0. The molecule has 0 aromatic rings. The Balaban J connectivity index is 2.04. The van der Waals surface area contributed by atoms with Crippen molar-refractivity contribution in [3.8, 4) is 0 Å². The zero-order chi connectivity index (χ0) is 14.8. The highest BCUT2D eigenvalue weighted by atomic mass is 16.5. The van der Waals surface area contributed by atoms with Crippen LogP contribution in [0.1, 0.15) is 57.8 Å². The maximum Gasteiger partial charge on any atom is 0.306 e. The molecule has 6 heteroatoms. The molecule has 0 aliphatic heterocycles. The Kier molecular flexibility index (Phi) is 7.69. The highest BCUT2D eigenvalue weighted by Gasteiger charge is 2.18. The fraction of sp³-hybridized carbons (Fsp3) is 0.786. The maximum absolute atomic E-state index is 11.5. The summed E-state index contributed by atoms with van der Waals surface area (Å²) < 4.78 is 10.1. The van der Waals surface area contributed by atoms with Gasteiger partial charge in [-0.25, -0.2) is 0 Å². The number of carboxylic acid groups (broad SMARTS) is 1. The van der Waals surface area contributed by atoms with E-state index >= 15 is 0 Å². The summed E-state index contributed by atoms with van der Waals surface area (Å²) in [6.45, 7) is 0.0722. The van der Waals surface area contributed by atoms with Crippen molar-refractivity contribution in [3.05, 3.63) is 0 Å². The molecular weight excluding hydrogens is 264 g/mol. The Hall–Kier alpha value is -1.59. The molecule has 1 aliphatic carbocycles. The quantitative estimate of drug-likeness (QED) is 0.542. The van der Waals surface area contributed by atoms with E-state index in [1.807, 2.05) is 0 Å². The van der Waals surface area contributed by atoms with Crippen molar-refractivity contribution in [3.63, 3.8) is 0 Å². The summed E-state index contributed by atoms with van der Waals surface area (Å²) in [5.74, 6) is -1.77. The number of ether oxygens (including phenoxy) is 2. The van der Waals surface area contributed by atoms with Gasteiger partial charge in [0.1, 0.15) is 6.10 Å². The fourth-order valence-electron chi connectivity index (χ4n) is 2.11. The summed E-state index contributed by atoms with van der Waals surface area (Å²) in [5.41, 5.74) is 0. The second kappa shape index (κ2) is 9.34. The third-order valence-corrected chi connectivity index (χ3v) is 3.18. The van der Waals surface area contributed by atoms with Crippen LogP contribution < -0.4 is 0 Å². The Morgan fingerprint density at radius 3 is 2.25 bits per heavy atom.